The molecular weight excluding hydrogens is 284 g/mol. The minimum absolute atomic E-state index is 0.0595. The molecule has 0 aliphatic carbocycles. The summed E-state index contributed by atoms with van der Waals surface area (Å²) in [7, 11) is 1.65. The Morgan fingerprint density at radius 3 is 3.05 bits per heavy atom. The number of methoxy groups -OCH3 is 1. The third-order valence-corrected chi connectivity index (χ3v) is 3.85. The van der Waals surface area contributed by atoms with Gasteiger partial charge >= 0.3 is 5.97 Å². The molecule has 0 amide bonds. The maximum atomic E-state index is 10.9. The van der Waals surface area contributed by atoms with Crippen LogP contribution in [0.4, 0.5) is 5.69 Å². The third kappa shape index (κ3) is 2.90. The summed E-state index contributed by atoms with van der Waals surface area (Å²) in [5.74, 6) is 0.144. The third-order valence-electron chi connectivity index (χ3n) is 3.85. The maximum Gasteiger partial charge on any atom is 0.357 e. The number of hydrogen-bond donors (Lipinski definition) is 1. The number of carboxylic acid groups (broad SMARTS) is 1. The molecule has 1 aliphatic heterocycles. The standard InChI is InChI=1S/C16H18N2O4/c1-21-12-6-5-11-4-2-3-7-18(14(11)8-12)9-15-17-13(10-22-15)16(19)20/h5-6,8,10H,2-4,7,9H2,1H3,(H,19,20). The van der Waals surface area contributed by atoms with Crippen molar-refractivity contribution in [1.82, 2.24) is 4.98 Å². The highest BCUT2D eigenvalue weighted by molar-refractivity contribution is 5.84. The van der Waals surface area contributed by atoms with Crippen LogP contribution in [0.1, 0.15) is 34.8 Å². The number of ether oxygens (including phenoxy) is 1. The molecular formula is C16H18N2O4. The summed E-state index contributed by atoms with van der Waals surface area (Å²) >= 11 is 0. The second-order valence-corrected chi connectivity index (χ2v) is 5.30. The zero-order chi connectivity index (χ0) is 15.5. The molecule has 0 saturated carbocycles. The average molecular weight is 302 g/mol. The SMILES string of the molecule is COc1ccc2c(c1)N(Cc1nc(C(=O)O)co1)CCCC2. The number of carbonyl (C=O) groups is 1. The first kappa shape index (κ1) is 14.4. The number of nitrogens with zero attached hydrogens (tertiary/aromatic N) is 2. The molecule has 6 nitrogen and oxygen atoms in total. The fourth-order valence-corrected chi connectivity index (χ4v) is 2.72. The van der Waals surface area contributed by atoms with Gasteiger partial charge in [-0.3, -0.25) is 0 Å². The van der Waals surface area contributed by atoms with E-state index in [0.717, 1.165) is 37.2 Å². The fraction of sp³-hybridized carbons (Fsp3) is 0.375. The molecule has 0 unspecified atom stereocenters. The number of fused-ring (bicyclic) bond motifs is 1. The molecule has 0 bridgehead atoms. The van der Waals surface area contributed by atoms with Gasteiger partial charge in [0.1, 0.15) is 12.0 Å². The first-order valence-corrected chi connectivity index (χ1v) is 7.27. The van der Waals surface area contributed by atoms with Crippen LogP contribution >= 0.6 is 0 Å². The lowest BCUT2D eigenvalue weighted by molar-refractivity contribution is 0.0690. The van der Waals surface area contributed by atoms with Gasteiger partial charge in [0, 0.05) is 18.3 Å². The number of rotatable bonds is 4. The van der Waals surface area contributed by atoms with E-state index in [1.54, 1.807) is 7.11 Å². The lowest BCUT2D eigenvalue weighted by Crippen LogP contribution is -2.23. The van der Waals surface area contributed by atoms with Gasteiger partial charge in [-0.1, -0.05) is 6.07 Å². The highest BCUT2D eigenvalue weighted by atomic mass is 16.5. The van der Waals surface area contributed by atoms with Gasteiger partial charge in [0.25, 0.3) is 0 Å². The van der Waals surface area contributed by atoms with Gasteiger partial charge in [0.05, 0.1) is 13.7 Å². The highest BCUT2D eigenvalue weighted by Gasteiger charge is 2.19. The summed E-state index contributed by atoms with van der Waals surface area (Å²) in [5.41, 5.74) is 2.31. The molecule has 0 spiro atoms. The summed E-state index contributed by atoms with van der Waals surface area (Å²) in [6, 6.07) is 6.07. The van der Waals surface area contributed by atoms with E-state index < -0.39 is 5.97 Å². The number of anilines is 1. The second kappa shape index (κ2) is 6.09. The van der Waals surface area contributed by atoms with Crippen molar-refractivity contribution < 1.29 is 19.1 Å². The fourth-order valence-electron chi connectivity index (χ4n) is 2.72. The van der Waals surface area contributed by atoms with Crippen LogP contribution in [-0.4, -0.2) is 29.7 Å². The van der Waals surface area contributed by atoms with Crippen molar-refractivity contribution in [3.8, 4) is 5.75 Å². The van der Waals surface area contributed by atoms with Crippen LogP contribution in [-0.2, 0) is 13.0 Å². The lowest BCUT2D eigenvalue weighted by Gasteiger charge is -2.23. The van der Waals surface area contributed by atoms with Crippen LogP contribution in [0.2, 0.25) is 0 Å². The van der Waals surface area contributed by atoms with Gasteiger partial charge in [-0.2, -0.15) is 0 Å². The molecule has 6 heteroatoms. The molecule has 22 heavy (non-hydrogen) atoms. The Bertz CT molecular complexity index is 681. The van der Waals surface area contributed by atoms with E-state index in [0.29, 0.717) is 12.4 Å². The number of carboxylic acids is 1. The predicted octanol–water partition coefficient (Wildman–Crippen LogP) is 2.72. The van der Waals surface area contributed by atoms with Crippen LogP contribution in [0.3, 0.4) is 0 Å². The molecule has 1 aromatic heterocycles. The van der Waals surface area contributed by atoms with Gasteiger partial charge in [-0.15, -0.1) is 0 Å². The summed E-state index contributed by atoms with van der Waals surface area (Å²) in [5, 5.41) is 8.92. The number of aromatic carboxylic acids is 1. The first-order chi connectivity index (χ1) is 10.7. The van der Waals surface area contributed by atoms with Crippen molar-refractivity contribution in [2.45, 2.75) is 25.8 Å². The van der Waals surface area contributed by atoms with Crippen LogP contribution in [0.15, 0.2) is 28.9 Å². The molecule has 0 atom stereocenters. The van der Waals surface area contributed by atoms with Crippen molar-refractivity contribution in [1.29, 1.82) is 0 Å². The van der Waals surface area contributed by atoms with E-state index in [4.69, 9.17) is 14.3 Å². The first-order valence-electron chi connectivity index (χ1n) is 7.27. The molecule has 0 fully saturated rings. The largest absolute Gasteiger partial charge is 0.497 e. The lowest BCUT2D eigenvalue weighted by atomic mass is 10.1. The Labute approximate surface area is 128 Å². The number of oxazole rings is 1. The van der Waals surface area contributed by atoms with E-state index in [1.807, 2.05) is 12.1 Å². The molecule has 116 valence electrons. The van der Waals surface area contributed by atoms with Crippen molar-refractivity contribution >= 4 is 11.7 Å². The average Bonchev–Trinajstić information content (AvgIpc) is 2.90. The molecule has 2 heterocycles. The van der Waals surface area contributed by atoms with E-state index in [2.05, 4.69) is 16.0 Å². The topological polar surface area (TPSA) is 75.8 Å². The van der Waals surface area contributed by atoms with E-state index in [9.17, 15) is 4.79 Å². The second-order valence-electron chi connectivity index (χ2n) is 5.30. The van der Waals surface area contributed by atoms with Crippen molar-refractivity contribution in [3.05, 3.63) is 41.6 Å². The van der Waals surface area contributed by atoms with E-state index in [-0.39, 0.29) is 5.69 Å². The Morgan fingerprint density at radius 2 is 2.32 bits per heavy atom. The molecule has 2 aromatic rings. The van der Waals surface area contributed by atoms with Gasteiger partial charge in [0.15, 0.2) is 5.69 Å². The van der Waals surface area contributed by atoms with Crippen LogP contribution in [0.25, 0.3) is 0 Å². The van der Waals surface area contributed by atoms with Gasteiger partial charge < -0.3 is 19.2 Å². The van der Waals surface area contributed by atoms with E-state index in [1.165, 1.54) is 11.8 Å². The smallest absolute Gasteiger partial charge is 0.357 e. The van der Waals surface area contributed by atoms with Gasteiger partial charge in [-0.05, 0) is 30.9 Å². The van der Waals surface area contributed by atoms with Crippen molar-refractivity contribution in [2.24, 2.45) is 0 Å². The quantitative estimate of drug-likeness (QED) is 0.936. The Morgan fingerprint density at radius 1 is 1.45 bits per heavy atom. The summed E-state index contributed by atoms with van der Waals surface area (Å²) in [4.78, 5) is 17.1. The zero-order valence-electron chi connectivity index (χ0n) is 12.4. The Balaban J connectivity index is 1.88. The number of aromatic nitrogens is 1. The van der Waals surface area contributed by atoms with Gasteiger partial charge in [0.2, 0.25) is 5.89 Å². The molecule has 1 aromatic carbocycles. The number of aryl methyl sites for hydroxylation is 1. The molecule has 0 saturated heterocycles. The zero-order valence-corrected chi connectivity index (χ0v) is 12.4. The minimum Gasteiger partial charge on any atom is -0.497 e. The predicted molar refractivity (Wildman–Crippen MR) is 80.4 cm³/mol. The summed E-state index contributed by atoms with van der Waals surface area (Å²) in [6.07, 6.45) is 4.41. The number of hydrogen-bond acceptors (Lipinski definition) is 5. The molecule has 1 aliphatic rings. The number of benzene rings is 1. The monoisotopic (exact) mass is 302 g/mol. The highest BCUT2D eigenvalue weighted by Crippen LogP contribution is 2.31. The normalized spacial score (nSPS) is 14.3. The van der Waals surface area contributed by atoms with Crippen LogP contribution in [0, 0.1) is 0 Å². The summed E-state index contributed by atoms with van der Waals surface area (Å²) in [6.45, 7) is 1.33. The molecule has 0 radical (unpaired) electrons. The van der Waals surface area contributed by atoms with Gasteiger partial charge in [-0.25, -0.2) is 9.78 Å². The minimum atomic E-state index is -1.08. The Hall–Kier alpha value is -2.50. The van der Waals surface area contributed by atoms with Crippen molar-refractivity contribution in [3.63, 3.8) is 0 Å². The molecule has 1 N–H and O–H groups in total. The Kier molecular flexibility index (Phi) is 4.00. The van der Waals surface area contributed by atoms with Crippen LogP contribution in [0.5, 0.6) is 5.75 Å². The molecule has 3 rings (SSSR count). The maximum absolute atomic E-state index is 10.9. The van der Waals surface area contributed by atoms with E-state index >= 15 is 0 Å². The van der Waals surface area contributed by atoms with Crippen LogP contribution < -0.4 is 9.64 Å². The van der Waals surface area contributed by atoms with Crippen molar-refractivity contribution in [2.75, 3.05) is 18.6 Å². The summed E-state index contributed by atoms with van der Waals surface area (Å²) < 4.78 is 10.6.